The predicted molar refractivity (Wildman–Crippen MR) is 119 cm³/mol. The molecule has 0 bridgehead atoms. The molecule has 0 saturated carbocycles. The van der Waals surface area contributed by atoms with Crippen molar-refractivity contribution >= 4 is 21.8 Å². The zero-order chi connectivity index (χ0) is 22.4. The first-order chi connectivity index (χ1) is 14.8. The van der Waals surface area contributed by atoms with Crippen molar-refractivity contribution < 1.29 is 18.0 Å². The average molecular weight is 451 g/mol. The molecule has 2 aliphatic heterocycles. The lowest BCUT2D eigenvalue weighted by molar-refractivity contribution is -0.131. The molecule has 2 amide bonds. The summed E-state index contributed by atoms with van der Waals surface area (Å²) in [6, 6.07) is 6.93. The molecule has 2 aliphatic rings. The minimum absolute atomic E-state index is 0.0787. The Morgan fingerprint density at radius 3 is 2.23 bits per heavy atom. The van der Waals surface area contributed by atoms with E-state index in [-0.39, 0.29) is 11.8 Å². The summed E-state index contributed by atoms with van der Waals surface area (Å²) >= 11 is 0. The maximum Gasteiger partial charge on any atom is 0.243 e. The number of benzene rings is 1. The van der Waals surface area contributed by atoms with Gasteiger partial charge in [-0.25, -0.2) is 8.42 Å². The first-order valence-electron chi connectivity index (χ1n) is 11.1. The Bertz CT molecular complexity index is 864. The molecule has 0 N–H and O–H groups in total. The molecule has 0 aromatic heterocycles. The molecule has 1 aromatic rings. The average Bonchev–Trinajstić information content (AvgIpc) is 3.20. The monoisotopic (exact) mass is 450 g/mol. The van der Waals surface area contributed by atoms with Gasteiger partial charge in [0.15, 0.2) is 0 Å². The Balaban J connectivity index is 1.48. The van der Waals surface area contributed by atoms with E-state index in [0.717, 1.165) is 31.4 Å². The number of carbonyl (C=O) groups is 2. The van der Waals surface area contributed by atoms with Gasteiger partial charge in [0.2, 0.25) is 21.8 Å². The Labute approximate surface area is 185 Å². The minimum Gasteiger partial charge on any atom is -0.348 e. The van der Waals surface area contributed by atoms with Gasteiger partial charge >= 0.3 is 0 Å². The standard InChI is InChI=1S/C22H34N4O4S/c1-23(2)22(28)18-24-12-5-13-25(17-16-24)21(27)11-8-19-6-9-20(10-7-19)31(29,30)26-14-3-4-15-26/h6-7,9-10H,3-5,8,11-18H2,1-2H3. The highest BCUT2D eigenvalue weighted by molar-refractivity contribution is 7.89. The maximum atomic E-state index is 12.7. The molecule has 0 spiro atoms. The van der Waals surface area contributed by atoms with Crippen LogP contribution in [0.4, 0.5) is 0 Å². The third-order valence-electron chi connectivity index (χ3n) is 6.05. The zero-order valence-corrected chi connectivity index (χ0v) is 19.4. The van der Waals surface area contributed by atoms with Gasteiger partial charge in [-0.2, -0.15) is 4.31 Å². The van der Waals surface area contributed by atoms with Gasteiger partial charge in [0.1, 0.15) is 0 Å². The van der Waals surface area contributed by atoms with Crippen LogP contribution in [0.2, 0.25) is 0 Å². The zero-order valence-electron chi connectivity index (χ0n) is 18.6. The van der Waals surface area contributed by atoms with Crippen LogP contribution in [0.25, 0.3) is 0 Å². The third-order valence-corrected chi connectivity index (χ3v) is 7.97. The van der Waals surface area contributed by atoms with E-state index in [1.807, 2.05) is 17.0 Å². The van der Waals surface area contributed by atoms with Gasteiger partial charge in [-0.1, -0.05) is 12.1 Å². The molecule has 172 valence electrons. The lowest BCUT2D eigenvalue weighted by atomic mass is 10.1. The first kappa shape index (κ1) is 23.7. The molecule has 31 heavy (non-hydrogen) atoms. The number of hydrogen-bond acceptors (Lipinski definition) is 5. The molecule has 0 aliphatic carbocycles. The Kier molecular flexibility index (Phi) is 8.07. The van der Waals surface area contributed by atoms with Gasteiger partial charge in [0, 0.05) is 59.8 Å². The number of aryl methyl sites for hydroxylation is 1. The highest BCUT2D eigenvalue weighted by Gasteiger charge is 2.27. The Hall–Kier alpha value is -1.97. The minimum atomic E-state index is -3.40. The van der Waals surface area contributed by atoms with E-state index in [9.17, 15) is 18.0 Å². The van der Waals surface area contributed by atoms with Crippen molar-refractivity contribution in [2.75, 3.05) is 59.9 Å². The van der Waals surface area contributed by atoms with Crippen molar-refractivity contribution in [3.63, 3.8) is 0 Å². The second-order valence-corrected chi connectivity index (χ2v) is 10.5. The highest BCUT2D eigenvalue weighted by Crippen LogP contribution is 2.21. The Morgan fingerprint density at radius 2 is 1.58 bits per heavy atom. The van der Waals surface area contributed by atoms with E-state index in [1.165, 1.54) is 0 Å². The van der Waals surface area contributed by atoms with Crippen LogP contribution < -0.4 is 0 Å². The number of hydrogen-bond donors (Lipinski definition) is 0. The van der Waals surface area contributed by atoms with E-state index in [1.54, 1.807) is 35.4 Å². The fourth-order valence-electron chi connectivity index (χ4n) is 4.03. The largest absolute Gasteiger partial charge is 0.348 e. The van der Waals surface area contributed by atoms with Crippen LogP contribution in [0.5, 0.6) is 0 Å². The van der Waals surface area contributed by atoms with Gasteiger partial charge in [-0.3, -0.25) is 14.5 Å². The molecule has 2 saturated heterocycles. The molecule has 8 nitrogen and oxygen atoms in total. The molecular formula is C22H34N4O4S. The number of carbonyl (C=O) groups excluding carboxylic acids is 2. The molecular weight excluding hydrogens is 416 g/mol. The van der Waals surface area contributed by atoms with Crippen molar-refractivity contribution in [3.8, 4) is 0 Å². The summed E-state index contributed by atoms with van der Waals surface area (Å²) in [6.07, 6.45) is 3.67. The van der Waals surface area contributed by atoms with Gasteiger partial charge in [-0.15, -0.1) is 0 Å². The highest BCUT2D eigenvalue weighted by atomic mass is 32.2. The molecule has 1 aromatic carbocycles. The van der Waals surface area contributed by atoms with Gasteiger partial charge in [0.05, 0.1) is 11.4 Å². The number of nitrogens with zero attached hydrogens (tertiary/aromatic N) is 4. The predicted octanol–water partition coefficient (Wildman–Crippen LogP) is 1.03. The fraction of sp³-hybridized carbons (Fsp3) is 0.636. The Morgan fingerprint density at radius 1 is 0.903 bits per heavy atom. The van der Waals surface area contributed by atoms with Crippen LogP contribution in [-0.4, -0.2) is 99.1 Å². The maximum absolute atomic E-state index is 12.7. The lowest BCUT2D eigenvalue weighted by Crippen LogP contribution is -2.39. The van der Waals surface area contributed by atoms with Gasteiger partial charge < -0.3 is 9.80 Å². The van der Waals surface area contributed by atoms with Crippen molar-refractivity contribution in [2.45, 2.75) is 37.0 Å². The molecule has 2 heterocycles. The molecule has 2 fully saturated rings. The number of rotatable bonds is 7. The number of likely N-dealkylation sites (N-methyl/N-ethyl adjacent to an activating group) is 1. The molecule has 0 atom stereocenters. The molecule has 3 rings (SSSR count). The summed E-state index contributed by atoms with van der Waals surface area (Å²) in [4.78, 5) is 30.5. The SMILES string of the molecule is CN(C)C(=O)CN1CCCN(C(=O)CCc2ccc(S(=O)(=O)N3CCCC3)cc2)CC1. The lowest BCUT2D eigenvalue weighted by Gasteiger charge is -2.23. The topological polar surface area (TPSA) is 81.2 Å². The second-order valence-electron chi connectivity index (χ2n) is 8.55. The smallest absolute Gasteiger partial charge is 0.243 e. The second kappa shape index (κ2) is 10.6. The van der Waals surface area contributed by atoms with E-state index in [4.69, 9.17) is 0 Å². The van der Waals surface area contributed by atoms with Crippen molar-refractivity contribution in [2.24, 2.45) is 0 Å². The first-order valence-corrected chi connectivity index (χ1v) is 12.5. The van der Waals surface area contributed by atoms with Crippen LogP contribution in [0, 0.1) is 0 Å². The summed E-state index contributed by atoms with van der Waals surface area (Å²) in [6.45, 7) is 4.43. The normalized spacial score (nSPS) is 18.7. The van der Waals surface area contributed by atoms with Crippen molar-refractivity contribution in [1.29, 1.82) is 0 Å². The van der Waals surface area contributed by atoms with Crippen molar-refractivity contribution in [3.05, 3.63) is 29.8 Å². The molecule has 9 heteroatoms. The van der Waals surface area contributed by atoms with Crippen LogP contribution in [0.1, 0.15) is 31.2 Å². The quantitative estimate of drug-likeness (QED) is 0.620. The van der Waals surface area contributed by atoms with Crippen molar-refractivity contribution in [1.82, 2.24) is 19.0 Å². The van der Waals surface area contributed by atoms with Crippen LogP contribution in [0.3, 0.4) is 0 Å². The summed E-state index contributed by atoms with van der Waals surface area (Å²) in [5.74, 6) is 0.185. The van der Waals surface area contributed by atoms with Crippen LogP contribution in [0.15, 0.2) is 29.2 Å². The summed E-state index contributed by atoms with van der Waals surface area (Å²) in [5.41, 5.74) is 0.960. The van der Waals surface area contributed by atoms with E-state index < -0.39 is 10.0 Å². The summed E-state index contributed by atoms with van der Waals surface area (Å²) in [5, 5.41) is 0. The molecule has 0 radical (unpaired) electrons. The van der Waals surface area contributed by atoms with E-state index in [0.29, 0.717) is 57.0 Å². The summed E-state index contributed by atoms with van der Waals surface area (Å²) < 4.78 is 26.8. The number of amides is 2. The van der Waals surface area contributed by atoms with Gasteiger partial charge in [0.25, 0.3) is 0 Å². The van der Waals surface area contributed by atoms with E-state index >= 15 is 0 Å². The van der Waals surface area contributed by atoms with Crippen LogP contribution >= 0.6 is 0 Å². The summed E-state index contributed by atoms with van der Waals surface area (Å²) in [7, 11) is 0.108. The number of sulfonamides is 1. The van der Waals surface area contributed by atoms with Crippen LogP contribution in [-0.2, 0) is 26.0 Å². The van der Waals surface area contributed by atoms with E-state index in [2.05, 4.69) is 4.90 Å². The fourth-order valence-corrected chi connectivity index (χ4v) is 5.54. The van der Waals surface area contributed by atoms with Gasteiger partial charge in [-0.05, 0) is 43.4 Å². The third kappa shape index (κ3) is 6.27. The molecule has 0 unspecified atom stereocenters.